The molecule has 224 valence electrons. The van der Waals surface area contributed by atoms with Crippen molar-refractivity contribution in [2.75, 3.05) is 6.61 Å². The van der Waals surface area contributed by atoms with Gasteiger partial charge in [-0.1, -0.05) is 186 Å². The van der Waals surface area contributed by atoms with Gasteiger partial charge < -0.3 is 0 Å². The molecular formula is C34H63NaO3S. The average Bonchev–Trinajstić information content (AvgIpc) is 2.93. The molecule has 5 heteroatoms. The van der Waals surface area contributed by atoms with E-state index in [1.54, 1.807) is 30.3 Å². The molecule has 0 bridgehead atoms. The third-order valence-corrected chi connectivity index (χ3v) is 9.09. The van der Waals surface area contributed by atoms with Gasteiger partial charge in [-0.05, 0) is 18.6 Å². The summed E-state index contributed by atoms with van der Waals surface area (Å²) in [4.78, 5) is 0.245. The minimum absolute atomic E-state index is 0. The van der Waals surface area contributed by atoms with Gasteiger partial charge >= 0.3 is 29.6 Å². The van der Waals surface area contributed by atoms with Crippen LogP contribution in [0.2, 0.25) is 0 Å². The summed E-state index contributed by atoms with van der Waals surface area (Å²) in [6.07, 6.45) is 35.7. The molecule has 0 unspecified atom stereocenters. The van der Waals surface area contributed by atoms with Crippen molar-refractivity contribution in [1.82, 2.24) is 0 Å². The van der Waals surface area contributed by atoms with Crippen LogP contribution in [-0.4, -0.2) is 44.6 Å². The Morgan fingerprint density at radius 1 is 0.462 bits per heavy atom. The van der Waals surface area contributed by atoms with Crippen LogP contribution in [-0.2, 0) is 14.3 Å². The maximum absolute atomic E-state index is 12.1. The van der Waals surface area contributed by atoms with Gasteiger partial charge in [0.15, 0.2) is 0 Å². The van der Waals surface area contributed by atoms with E-state index in [2.05, 4.69) is 6.92 Å². The second kappa shape index (κ2) is 29.6. The first-order valence-corrected chi connectivity index (χ1v) is 18.0. The zero-order chi connectivity index (χ0) is 27.4. The summed E-state index contributed by atoms with van der Waals surface area (Å²) in [5.74, 6) is 0. The molecule has 0 amide bonds. The first-order valence-electron chi connectivity index (χ1n) is 16.6. The average molecular weight is 575 g/mol. The van der Waals surface area contributed by atoms with Crippen LogP contribution in [0, 0.1) is 0 Å². The topological polar surface area (TPSA) is 43.4 Å². The SMILES string of the molecule is CCCCCCCCCCCCCCCCCCCCCCCCCCCCOS(=O)(=O)c1ccccc1.[NaH]. The van der Waals surface area contributed by atoms with Crippen LogP contribution in [0.4, 0.5) is 0 Å². The van der Waals surface area contributed by atoms with Gasteiger partial charge in [-0.3, -0.25) is 4.18 Å². The molecule has 1 aromatic carbocycles. The van der Waals surface area contributed by atoms with Gasteiger partial charge in [-0.2, -0.15) is 8.42 Å². The fraction of sp³-hybridized carbons (Fsp3) is 0.824. The molecule has 0 spiro atoms. The Morgan fingerprint density at radius 2 is 0.744 bits per heavy atom. The van der Waals surface area contributed by atoms with E-state index in [1.807, 2.05) is 0 Å². The molecule has 3 nitrogen and oxygen atoms in total. The van der Waals surface area contributed by atoms with Gasteiger partial charge in [0.2, 0.25) is 0 Å². The number of rotatable bonds is 29. The van der Waals surface area contributed by atoms with E-state index in [0.29, 0.717) is 0 Å². The molecule has 1 rings (SSSR count). The van der Waals surface area contributed by atoms with E-state index in [0.717, 1.165) is 12.8 Å². The predicted molar refractivity (Wildman–Crippen MR) is 172 cm³/mol. The van der Waals surface area contributed by atoms with Gasteiger partial charge in [-0.15, -0.1) is 0 Å². The van der Waals surface area contributed by atoms with E-state index < -0.39 is 10.1 Å². The molecule has 0 saturated heterocycles. The summed E-state index contributed by atoms with van der Waals surface area (Å²) < 4.78 is 29.2. The molecule has 39 heavy (non-hydrogen) atoms. The van der Waals surface area contributed by atoms with Crippen molar-refractivity contribution in [3.8, 4) is 0 Å². The second-order valence-electron chi connectivity index (χ2n) is 11.4. The normalized spacial score (nSPS) is 11.5. The summed E-state index contributed by atoms with van der Waals surface area (Å²) in [6, 6.07) is 8.41. The summed E-state index contributed by atoms with van der Waals surface area (Å²) in [5.41, 5.74) is 0. The first kappa shape index (κ1) is 39.1. The predicted octanol–water partition coefficient (Wildman–Crippen LogP) is 10.9. The van der Waals surface area contributed by atoms with E-state index in [-0.39, 0.29) is 41.1 Å². The van der Waals surface area contributed by atoms with Crippen LogP contribution in [0.15, 0.2) is 35.2 Å². The third kappa shape index (κ3) is 25.6. The van der Waals surface area contributed by atoms with Crippen molar-refractivity contribution < 1.29 is 12.6 Å². The van der Waals surface area contributed by atoms with E-state index in [1.165, 1.54) is 154 Å². The molecule has 0 aliphatic carbocycles. The molecule has 0 atom stereocenters. The standard InChI is InChI=1S/C34H62O3S.Na.H/c1-2-3-4-5-6-7-8-9-10-11-12-13-14-15-16-17-18-19-20-21-22-23-24-25-26-30-33-37-38(35,36)34-31-28-27-29-32-34;;/h27-29,31-32H,2-26,30,33H2,1H3;;. The Kier molecular flexibility index (Phi) is 29.7. The van der Waals surface area contributed by atoms with Crippen LogP contribution in [0.25, 0.3) is 0 Å². The Balaban J connectivity index is 0.0000144. The van der Waals surface area contributed by atoms with Crippen LogP contribution >= 0.6 is 0 Å². The Bertz CT molecular complexity index is 708. The van der Waals surface area contributed by atoms with E-state index in [9.17, 15) is 8.42 Å². The number of unbranched alkanes of at least 4 members (excludes halogenated alkanes) is 25. The fourth-order valence-electron chi connectivity index (χ4n) is 5.24. The van der Waals surface area contributed by atoms with Crippen molar-refractivity contribution in [3.63, 3.8) is 0 Å². The molecule has 0 N–H and O–H groups in total. The maximum atomic E-state index is 12.1. The Labute approximate surface area is 266 Å². The summed E-state index contributed by atoms with van der Waals surface area (Å²) in [7, 11) is -3.59. The van der Waals surface area contributed by atoms with Crippen LogP contribution in [0.1, 0.15) is 174 Å². The molecular weight excluding hydrogens is 511 g/mol. The molecule has 0 aliphatic rings. The van der Waals surface area contributed by atoms with Crippen molar-refractivity contribution >= 4 is 39.7 Å². The minimum atomic E-state index is -3.59. The van der Waals surface area contributed by atoms with Crippen molar-refractivity contribution in [2.45, 2.75) is 179 Å². The zero-order valence-electron chi connectivity index (χ0n) is 25.1. The molecule has 0 heterocycles. The molecule has 0 saturated carbocycles. The summed E-state index contributed by atoms with van der Waals surface area (Å²) >= 11 is 0. The van der Waals surface area contributed by atoms with Gasteiger partial charge in [-0.25, -0.2) is 0 Å². The van der Waals surface area contributed by atoms with Crippen LogP contribution in [0.5, 0.6) is 0 Å². The van der Waals surface area contributed by atoms with E-state index >= 15 is 0 Å². The van der Waals surface area contributed by atoms with Crippen LogP contribution in [0.3, 0.4) is 0 Å². The van der Waals surface area contributed by atoms with Gasteiger partial charge in [0.05, 0.1) is 11.5 Å². The van der Waals surface area contributed by atoms with Gasteiger partial charge in [0.1, 0.15) is 0 Å². The van der Waals surface area contributed by atoms with Crippen molar-refractivity contribution in [2.24, 2.45) is 0 Å². The molecule has 0 fully saturated rings. The molecule has 0 aliphatic heterocycles. The molecule has 0 radical (unpaired) electrons. The summed E-state index contributed by atoms with van der Waals surface area (Å²) in [5, 5.41) is 0. The number of hydrogen-bond donors (Lipinski definition) is 0. The zero-order valence-corrected chi connectivity index (χ0v) is 25.9. The fourth-order valence-corrected chi connectivity index (χ4v) is 6.21. The van der Waals surface area contributed by atoms with Crippen molar-refractivity contribution in [3.05, 3.63) is 30.3 Å². The Morgan fingerprint density at radius 3 is 1.05 bits per heavy atom. The second-order valence-corrected chi connectivity index (χ2v) is 13.0. The van der Waals surface area contributed by atoms with Gasteiger partial charge in [0, 0.05) is 0 Å². The molecule has 1 aromatic rings. The number of hydrogen-bond acceptors (Lipinski definition) is 3. The van der Waals surface area contributed by atoms with E-state index in [4.69, 9.17) is 4.18 Å². The Hall–Kier alpha value is 0.130. The van der Waals surface area contributed by atoms with Crippen molar-refractivity contribution in [1.29, 1.82) is 0 Å². The quantitative estimate of drug-likeness (QED) is 0.0543. The monoisotopic (exact) mass is 574 g/mol. The number of benzene rings is 1. The first-order chi connectivity index (χ1) is 18.7. The third-order valence-electron chi connectivity index (χ3n) is 7.77. The van der Waals surface area contributed by atoms with Crippen LogP contribution < -0.4 is 0 Å². The van der Waals surface area contributed by atoms with Gasteiger partial charge in [0.25, 0.3) is 10.1 Å². The molecule has 0 aromatic heterocycles. The summed E-state index contributed by atoms with van der Waals surface area (Å²) in [6.45, 7) is 2.58.